The SMILES string of the molecule is CN=C(NCCCOCC1CCOC1)NC(C)c1cccc2ccccc12. The Kier molecular flexibility index (Phi) is 7.48. The predicted molar refractivity (Wildman–Crippen MR) is 111 cm³/mol. The van der Waals surface area contributed by atoms with E-state index in [0.717, 1.165) is 51.8 Å². The lowest BCUT2D eigenvalue weighted by Crippen LogP contribution is -2.39. The van der Waals surface area contributed by atoms with Gasteiger partial charge in [0.15, 0.2) is 5.96 Å². The van der Waals surface area contributed by atoms with Crippen molar-refractivity contribution in [3.8, 4) is 0 Å². The highest BCUT2D eigenvalue weighted by Crippen LogP contribution is 2.23. The minimum atomic E-state index is 0.168. The smallest absolute Gasteiger partial charge is 0.191 e. The Morgan fingerprint density at radius 1 is 1.26 bits per heavy atom. The highest BCUT2D eigenvalue weighted by molar-refractivity contribution is 5.87. The molecule has 0 aromatic heterocycles. The minimum Gasteiger partial charge on any atom is -0.381 e. The maximum Gasteiger partial charge on any atom is 0.191 e. The zero-order valence-electron chi connectivity index (χ0n) is 16.4. The first kappa shape index (κ1) is 19.6. The van der Waals surface area contributed by atoms with Crippen molar-refractivity contribution in [2.45, 2.75) is 25.8 Å². The van der Waals surface area contributed by atoms with Crippen LogP contribution < -0.4 is 10.6 Å². The first-order valence-corrected chi connectivity index (χ1v) is 9.88. The van der Waals surface area contributed by atoms with Crippen molar-refractivity contribution in [2.24, 2.45) is 10.9 Å². The molecule has 1 fully saturated rings. The molecule has 2 aromatic carbocycles. The second-order valence-electron chi connectivity index (χ2n) is 7.09. The minimum absolute atomic E-state index is 0.168. The van der Waals surface area contributed by atoms with E-state index in [9.17, 15) is 0 Å². The van der Waals surface area contributed by atoms with Gasteiger partial charge in [0, 0.05) is 32.7 Å². The van der Waals surface area contributed by atoms with Crippen LogP contribution in [0.5, 0.6) is 0 Å². The van der Waals surface area contributed by atoms with Crippen LogP contribution in [-0.4, -0.2) is 46.0 Å². The van der Waals surface area contributed by atoms with Crippen molar-refractivity contribution in [3.63, 3.8) is 0 Å². The molecular formula is C22H31N3O2. The fourth-order valence-electron chi connectivity index (χ4n) is 3.45. The van der Waals surface area contributed by atoms with E-state index >= 15 is 0 Å². The van der Waals surface area contributed by atoms with Crippen LogP contribution in [0.15, 0.2) is 47.5 Å². The summed E-state index contributed by atoms with van der Waals surface area (Å²) in [6.45, 7) is 6.31. The molecule has 27 heavy (non-hydrogen) atoms. The van der Waals surface area contributed by atoms with Crippen molar-refractivity contribution in [2.75, 3.05) is 40.0 Å². The maximum absolute atomic E-state index is 5.75. The fourth-order valence-corrected chi connectivity index (χ4v) is 3.45. The van der Waals surface area contributed by atoms with Gasteiger partial charge in [0.05, 0.1) is 19.3 Å². The highest BCUT2D eigenvalue weighted by atomic mass is 16.5. The van der Waals surface area contributed by atoms with Crippen LogP contribution in [0.4, 0.5) is 0 Å². The maximum atomic E-state index is 5.75. The molecule has 5 nitrogen and oxygen atoms in total. The molecule has 0 radical (unpaired) electrons. The number of hydrogen-bond acceptors (Lipinski definition) is 3. The van der Waals surface area contributed by atoms with E-state index in [1.165, 1.54) is 16.3 Å². The van der Waals surface area contributed by atoms with Gasteiger partial charge in [-0.25, -0.2) is 0 Å². The summed E-state index contributed by atoms with van der Waals surface area (Å²) >= 11 is 0. The quantitative estimate of drug-likeness (QED) is 0.425. The predicted octanol–water partition coefficient (Wildman–Crippen LogP) is 3.51. The van der Waals surface area contributed by atoms with Gasteiger partial charge in [0.25, 0.3) is 0 Å². The molecule has 0 spiro atoms. The van der Waals surface area contributed by atoms with E-state index in [1.54, 1.807) is 0 Å². The third-order valence-corrected chi connectivity index (χ3v) is 5.00. The number of aliphatic imine (C=N–C) groups is 1. The van der Waals surface area contributed by atoms with Crippen molar-refractivity contribution in [3.05, 3.63) is 48.0 Å². The van der Waals surface area contributed by atoms with Gasteiger partial charge in [-0.2, -0.15) is 0 Å². The van der Waals surface area contributed by atoms with Gasteiger partial charge in [-0.15, -0.1) is 0 Å². The lowest BCUT2D eigenvalue weighted by atomic mass is 10.00. The Morgan fingerprint density at radius 3 is 2.93 bits per heavy atom. The second-order valence-corrected chi connectivity index (χ2v) is 7.09. The first-order chi connectivity index (χ1) is 13.3. The summed E-state index contributed by atoms with van der Waals surface area (Å²) in [4.78, 5) is 4.35. The monoisotopic (exact) mass is 369 g/mol. The van der Waals surface area contributed by atoms with Crippen molar-refractivity contribution in [1.29, 1.82) is 0 Å². The molecular weight excluding hydrogens is 338 g/mol. The number of nitrogens with one attached hydrogen (secondary N) is 2. The summed E-state index contributed by atoms with van der Waals surface area (Å²) in [5.41, 5.74) is 1.28. The second kappa shape index (κ2) is 10.3. The van der Waals surface area contributed by atoms with Gasteiger partial charge < -0.3 is 20.1 Å². The van der Waals surface area contributed by atoms with Gasteiger partial charge in [-0.05, 0) is 36.1 Å². The third kappa shape index (κ3) is 5.68. The summed E-state index contributed by atoms with van der Waals surface area (Å²) in [6, 6.07) is 15.1. The summed E-state index contributed by atoms with van der Waals surface area (Å²) in [7, 11) is 1.81. The van der Waals surface area contributed by atoms with Crippen LogP contribution in [0, 0.1) is 5.92 Å². The Balaban J connectivity index is 1.42. The molecule has 0 saturated carbocycles. The Labute approximate surface area is 162 Å². The van der Waals surface area contributed by atoms with E-state index in [0.29, 0.717) is 5.92 Å². The molecule has 1 heterocycles. The average molecular weight is 370 g/mol. The molecule has 1 aliphatic rings. The summed E-state index contributed by atoms with van der Waals surface area (Å²) < 4.78 is 11.1. The molecule has 0 bridgehead atoms. The van der Waals surface area contributed by atoms with Gasteiger partial charge in [0.2, 0.25) is 0 Å². The molecule has 0 amide bonds. The van der Waals surface area contributed by atoms with E-state index in [2.05, 4.69) is 65.0 Å². The van der Waals surface area contributed by atoms with Crippen LogP contribution in [0.3, 0.4) is 0 Å². The number of guanidine groups is 1. The number of ether oxygens (including phenoxy) is 2. The van der Waals surface area contributed by atoms with Gasteiger partial charge in [-0.3, -0.25) is 4.99 Å². The molecule has 0 aliphatic carbocycles. The number of nitrogens with zero attached hydrogens (tertiary/aromatic N) is 1. The Hall–Kier alpha value is -2.11. The van der Waals surface area contributed by atoms with Gasteiger partial charge in [-0.1, -0.05) is 42.5 Å². The summed E-state index contributed by atoms with van der Waals surface area (Å²) in [5, 5.41) is 9.41. The zero-order chi connectivity index (χ0) is 18.9. The van der Waals surface area contributed by atoms with Gasteiger partial charge in [0.1, 0.15) is 0 Å². The molecule has 146 valence electrons. The molecule has 1 saturated heterocycles. The molecule has 5 heteroatoms. The average Bonchev–Trinajstić information content (AvgIpc) is 3.22. The number of benzene rings is 2. The zero-order valence-corrected chi connectivity index (χ0v) is 16.4. The molecule has 2 N–H and O–H groups in total. The number of rotatable bonds is 8. The van der Waals surface area contributed by atoms with Crippen molar-refractivity contribution >= 4 is 16.7 Å². The molecule has 2 aromatic rings. The van der Waals surface area contributed by atoms with Crippen LogP contribution in [0.25, 0.3) is 10.8 Å². The molecule has 1 aliphatic heterocycles. The normalized spacial score (nSPS) is 18.6. The topological polar surface area (TPSA) is 54.9 Å². The Bertz CT molecular complexity index is 736. The molecule has 3 rings (SSSR count). The van der Waals surface area contributed by atoms with Gasteiger partial charge >= 0.3 is 0 Å². The van der Waals surface area contributed by atoms with E-state index in [-0.39, 0.29) is 6.04 Å². The van der Waals surface area contributed by atoms with Crippen molar-refractivity contribution in [1.82, 2.24) is 10.6 Å². The standard InChI is InChI=1S/C22H31N3O2/c1-17(20-10-5-8-19-7-3-4-9-21(19)20)25-22(23-2)24-12-6-13-26-15-18-11-14-27-16-18/h3-5,7-10,17-18H,6,11-16H2,1-2H3,(H2,23,24,25). The molecule has 2 unspecified atom stereocenters. The van der Waals surface area contributed by atoms with Crippen LogP contribution in [0.2, 0.25) is 0 Å². The van der Waals surface area contributed by atoms with E-state index in [4.69, 9.17) is 9.47 Å². The lowest BCUT2D eigenvalue weighted by molar-refractivity contribution is 0.0888. The van der Waals surface area contributed by atoms with Crippen LogP contribution >= 0.6 is 0 Å². The summed E-state index contributed by atoms with van der Waals surface area (Å²) in [6.07, 6.45) is 2.08. The first-order valence-electron chi connectivity index (χ1n) is 9.88. The highest BCUT2D eigenvalue weighted by Gasteiger charge is 2.15. The number of fused-ring (bicyclic) bond motifs is 1. The van der Waals surface area contributed by atoms with E-state index < -0.39 is 0 Å². The van der Waals surface area contributed by atoms with Crippen LogP contribution in [0.1, 0.15) is 31.4 Å². The van der Waals surface area contributed by atoms with Crippen molar-refractivity contribution < 1.29 is 9.47 Å². The number of hydrogen-bond donors (Lipinski definition) is 2. The third-order valence-electron chi connectivity index (χ3n) is 5.00. The molecule has 2 atom stereocenters. The largest absolute Gasteiger partial charge is 0.381 e. The van der Waals surface area contributed by atoms with E-state index in [1.807, 2.05) is 7.05 Å². The lowest BCUT2D eigenvalue weighted by Gasteiger charge is -2.20. The van der Waals surface area contributed by atoms with Crippen LogP contribution in [-0.2, 0) is 9.47 Å². The fraction of sp³-hybridized carbons (Fsp3) is 0.500. The Morgan fingerprint density at radius 2 is 2.11 bits per heavy atom. The summed E-state index contributed by atoms with van der Waals surface area (Å²) in [5.74, 6) is 1.40.